The Kier molecular flexibility index (Phi) is 9.41. The van der Waals surface area contributed by atoms with Gasteiger partial charge in [0, 0.05) is 18.6 Å². The molecule has 1 amide bonds. The van der Waals surface area contributed by atoms with Crippen LogP contribution in [-0.2, 0) is 9.59 Å². The average Bonchev–Trinajstić information content (AvgIpc) is 3.48. The third kappa shape index (κ3) is 5.57. The molecule has 4 saturated carbocycles. The maximum absolute atomic E-state index is 14.0. The van der Waals surface area contributed by atoms with Gasteiger partial charge in [-0.05, 0) is 166 Å². The van der Waals surface area contributed by atoms with Crippen molar-refractivity contribution in [2.75, 3.05) is 26.3 Å². The standard InChI is InChI=1S/C45H69FN2O4/c1-29(2)31-13-20-45(47-27-36(49)48-25-23-40(5,52)24-26-48)22-21-42(7)33(37(31)45)9-10-35-41(6)16-14-32(39(3,4)34(41)15-17-43(35,42)8)30-11-18-44(28-46,19-12-30)38(50)51/h11,14,31,33-35,37,47,52H,1,9-10,12-13,15-28H2,2-8H3,(H,50,51). The number of nitrogens with one attached hydrogen (secondary N) is 1. The molecule has 0 radical (unpaired) electrons. The minimum absolute atomic E-state index is 0.0321. The van der Waals surface area contributed by atoms with E-state index >= 15 is 0 Å². The summed E-state index contributed by atoms with van der Waals surface area (Å²) in [6.45, 7) is 22.4. The lowest BCUT2D eigenvalue weighted by Gasteiger charge is -2.72. The number of hydrogen-bond acceptors (Lipinski definition) is 4. The first kappa shape index (κ1) is 38.3. The summed E-state index contributed by atoms with van der Waals surface area (Å²) >= 11 is 0. The van der Waals surface area contributed by atoms with Crippen molar-refractivity contribution in [2.45, 2.75) is 149 Å². The van der Waals surface area contributed by atoms with Gasteiger partial charge in [0.15, 0.2) is 0 Å². The number of allylic oxidation sites excluding steroid dienone is 5. The number of carboxylic acids is 1. The number of amides is 1. The van der Waals surface area contributed by atoms with Crippen molar-refractivity contribution in [3.63, 3.8) is 0 Å². The Balaban J connectivity index is 1.14. The molecule has 10 atom stereocenters. The van der Waals surface area contributed by atoms with Crippen LogP contribution in [0.2, 0.25) is 0 Å². The largest absolute Gasteiger partial charge is 0.481 e. The molecule has 5 fully saturated rings. The Labute approximate surface area is 313 Å². The molecule has 10 unspecified atom stereocenters. The van der Waals surface area contributed by atoms with E-state index in [0.717, 1.165) is 25.7 Å². The van der Waals surface area contributed by atoms with Gasteiger partial charge in [0.1, 0.15) is 6.67 Å². The van der Waals surface area contributed by atoms with Crippen molar-refractivity contribution in [3.8, 4) is 0 Å². The summed E-state index contributed by atoms with van der Waals surface area (Å²) in [5, 5.41) is 24.3. The molecular weight excluding hydrogens is 652 g/mol. The lowest BCUT2D eigenvalue weighted by molar-refractivity contribution is -0.221. The number of alkyl halides is 1. The molecule has 0 aromatic carbocycles. The van der Waals surface area contributed by atoms with Crippen molar-refractivity contribution in [1.82, 2.24) is 10.2 Å². The fourth-order valence-electron chi connectivity index (χ4n) is 14.7. The van der Waals surface area contributed by atoms with Gasteiger partial charge in [-0.1, -0.05) is 58.9 Å². The molecule has 1 aliphatic heterocycles. The molecule has 0 spiro atoms. The fraction of sp³-hybridized carbons (Fsp3) is 0.822. The average molecular weight is 721 g/mol. The zero-order chi connectivity index (χ0) is 37.7. The Morgan fingerprint density at radius 1 is 0.885 bits per heavy atom. The van der Waals surface area contributed by atoms with Gasteiger partial charge >= 0.3 is 5.97 Å². The molecule has 7 heteroatoms. The molecule has 52 heavy (non-hydrogen) atoms. The van der Waals surface area contributed by atoms with Gasteiger partial charge in [-0.25, -0.2) is 4.39 Å². The first-order chi connectivity index (χ1) is 24.3. The van der Waals surface area contributed by atoms with Gasteiger partial charge < -0.3 is 20.4 Å². The highest BCUT2D eigenvalue weighted by Crippen LogP contribution is 2.76. The molecule has 0 aromatic rings. The van der Waals surface area contributed by atoms with Crippen molar-refractivity contribution in [3.05, 3.63) is 35.5 Å². The Morgan fingerprint density at radius 2 is 1.60 bits per heavy atom. The van der Waals surface area contributed by atoms with Gasteiger partial charge in [0.05, 0.1) is 17.6 Å². The van der Waals surface area contributed by atoms with Gasteiger partial charge in [0.2, 0.25) is 5.91 Å². The van der Waals surface area contributed by atoms with Crippen molar-refractivity contribution >= 4 is 11.9 Å². The smallest absolute Gasteiger partial charge is 0.312 e. The number of carboxylic acid groups (broad SMARTS) is 1. The number of rotatable bonds is 7. The lowest BCUT2D eigenvalue weighted by Crippen LogP contribution is -2.68. The van der Waals surface area contributed by atoms with E-state index in [1.807, 2.05) is 11.8 Å². The van der Waals surface area contributed by atoms with Gasteiger partial charge in [-0.15, -0.1) is 0 Å². The molecule has 6 nitrogen and oxygen atoms in total. The molecule has 0 bridgehead atoms. The van der Waals surface area contributed by atoms with Crippen LogP contribution in [-0.4, -0.2) is 64.4 Å². The second kappa shape index (κ2) is 12.8. The number of likely N-dealkylation sites (tertiary alicyclic amines) is 1. The molecular formula is C45H69FN2O4. The zero-order valence-electron chi connectivity index (χ0n) is 33.5. The monoisotopic (exact) mass is 721 g/mol. The number of nitrogens with zero attached hydrogens (tertiary/aromatic N) is 1. The molecule has 7 aliphatic rings. The quantitative estimate of drug-likeness (QED) is 0.229. The van der Waals surface area contributed by atoms with Crippen LogP contribution in [0.1, 0.15) is 138 Å². The van der Waals surface area contributed by atoms with Crippen molar-refractivity contribution < 1.29 is 24.2 Å². The number of hydrogen-bond donors (Lipinski definition) is 3. The molecule has 1 saturated heterocycles. The number of aliphatic carboxylic acids is 1. The molecule has 1 heterocycles. The third-order valence-corrected chi connectivity index (χ3v) is 18.1. The summed E-state index contributed by atoms with van der Waals surface area (Å²) in [4.78, 5) is 27.5. The highest BCUT2D eigenvalue weighted by molar-refractivity contribution is 5.78. The zero-order valence-corrected chi connectivity index (χ0v) is 33.5. The van der Waals surface area contributed by atoms with Crippen LogP contribution in [0.4, 0.5) is 4.39 Å². The number of halogens is 1. The summed E-state index contributed by atoms with van der Waals surface area (Å²) in [7, 11) is 0. The second-order valence-corrected chi connectivity index (χ2v) is 20.8. The van der Waals surface area contributed by atoms with E-state index < -0.39 is 23.7 Å². The van der Waals surface area contributed by atoms with E-state index in [-0.39, 0.29) is 39.5 Å². The fourth-order valence-corrected chi connectivity index (χ4v) is 14.7. The highest BCUT2D eigenvalue weighted by Gasteiger charge is 2.70. The predicted octanol–water partition coefficient (Wildman–Crippen LogP) is 9.05. The van der Waals surface area contributed by atoms with Crippen LogP contribution in [0.25, 0.3) is 0 Å². The van der Waals surface area contributed by atoms with Crippen LogP contribution in [0.15, 0.2) is 35.5 Å². The third-order valence-electron chi connectivity index (χ3n) is 18.1. The van der Waals surface area contributed by atoms with Crippen LogP contribution in [0, 0.1) is 56.7 Å². The minimum Gasteiger partial charge on any atom is -0.481 e. The maximum Gasteiger partial charge on any atom is 0.312 e. The van der Waals surface area contributed by atoms with E-state index in [4.69, 9.17) is 0 Å². The number of fused-ring (bicyclic) bond motifs is 7. The van der Waals surface area contributed by atoms with Crippen LogP contribution in [0.3, 0.4) is 0 Å². The first-order valence-corrected chi connectivity index (χ1v) is 20.9. The highest BCUT2D eigenvalue weighted by atomic mass is 19.1. The number of carbonyl (C=O) groups is 2. The van der Waals surface area contributed by atoms with Gasteiger partial charge in [-0.2, -0.15) is 0 Å². The van der Waals surface area contributed by atoms with E-state index in [1.165, 1.54) is 48.8 Å². The molecule has 7 rings (SSSR count). The summed E-state index contributed by atoms with van der Waals surface area (Å²) in [6.07, 6.45) is 17.7. The van der Waals surface area contributed by atoms with Crippen LogP contribution < -0.4 is 5.32 Å². The minimum atomic E-state index is -1.26. The van der Waals surface area contributed by atoms with E-state index in [2.05, 4.69) is 65.6 Å². The van der Waals surface area contributed by atoms with E-state index in [0.29, 0.717) is 74.9 Å². The molecule has 3 N–H and O–H groups in total. The summed E-state index contributed by atoms with van der Waals surface area (Å²) in [5.41, 5.74) is 2.55. The summed E-state index contributed by atoms with van der Waals surface area (Å²) in [5.74, 6) is 1.87. The SMILES string of the molecule is C=C(C)C1CCC2(NCC(=O)N3CCC(C)(O)CC3)CCC3(C)C(CCC4C5(C)CC=C(C6=CCC(CF)(C(=O)O)CC6)C(C)(C)C5CCC43C)C12. The van der Waals surface area contributed by atoms with Crippen molar-refractivity contribution in [1.29, 1.82) is 0 Å². The number of carbonyl (C=O) groups excluding carboxylic acids is 1. The second-order valence-electron chi connectivity index (χ2n) is 20.8. The van der Waals surface area contributed by atoms with Crippen LogP contribution >= 0.6 is 0 Å². The summed E-state index contributed by atoms with van der Waals surface area (Å²) in [6, 6.07) is 0. The first-order valence-electron chi connectivity index (χ1n) is 20.9. The topological polar surface area (TPSA) is 89.9 Å². The maximum atomic E-state index is 14.0. The number of piperidine rings is 1. The molecule has 290 valence electrons. The van der Waals surface area contributed by atoms with Gasteiger partial charge in [0.25, 0.3) is 0 Å². The van der Waals surface area contributed by atoms with E-state index in [1.54, 1.807) is 0 Å². The van der Waals surface area contributed by atoms with Gasteiger partial charge in [-0.3, -0.25) is 9.59 Å². The summed E-state index contributed by atoms with van der Waals surface area (Å²) < 4.78 is 14.0. The van der Waals surface area contributed by atoms with Crippen LogP contribution in [0.5, 0.6) is 0 Å². The Bertz CT molecular complexity index is 1540. The predicted molar refractivity (Wildman–Crippen MR) is 205 cm³/mol. The number of aliphatic hydroxyl groups is 1. The Morgan fingerprint density at radius 3 is 2.21 bits per heavy atom. The normalized spacial score (nSPS) is 45.0. The van der Waals surface area contributed by atoms with E-state index in [9.17, 15) is 24.2 Å². The molecule has 6 aliphatic carbocycles. The molecule has 0 aromatic heterocycles. The lowest BCUT2D eigenvalue weighted by atomic mass is 9.33. The Hall–Kier alpha value is -1.99. The van der Waals surface area contributed by atoms with Crippen molar-refractivity contribution in [2.24, 2.45) is 56.7 Å².